The predicted octanol–water partition coefficient (Wildman–Crippen LogP) is 4.62. The highest BCUT2D eigenvalue weighted by molar-refractivity contribution is 5.96. The van der Waals surface area contributed by atoms with Crippen molar-refractivity contribution in [3.8, 4) is 5.75 Å². The molecule has 2 aromatic carbocycles. The summed E-state index contributed by atoms with van der Waals surface area (Å²) in [6, 6.07) is 11.5. The third-order valence-electron chi connectivity index (χ3n) is 3.62. The van der Waals surface area contributed by atoms with E-state index >= 15 is 0 Å². The molecule has 0 aliphatic rings. The highest BCUT2D eigenvalue weighted by atomic mass is 19.4. The Bertz CT molecular complexity index is 910. The fourth-order valence-electron chi connectivity index (χ4n) is 2.46. The van der Waals surface area contributed by atoms with Gasteiger partial charge in [-0.1, -0.05) is 24.3 Å². The molecule has 7 heteroatoms. The number of benzene rings is 2. The minimum atomic E-state index is -4.66. The largest absolute Gasteiger partial charge is 0.478 e. The highest BCUT2D eigenvalue weighted by Gasteiger charge is 2.43. The predicted molar refractivity (Wildman–Crippen MR) is 84.6 cm³/mol. The normalized spacial score (nSPS) is 12.8. The molecular formula is C18H12F3NO3. The second-order valence-electron chi connectivity index (χ2n) is 5.32. The molecule has 128 valence electrons. The minimum Gasteiger partial charge on any atom is -0.478 e. The van der Waals surface area contributed by atoms with Crippen LogP contribution in [0.5, 0.6) is 5.75 Å². The van der Waals surface area contributed by atoms with Gasteiger partial charge in [0.2, 0.25) is 6.10 Å². The van der Waals surface area contributed by atoms with E-state index in [1.165, 1.54) is 42.6 Å². The Morgan fingerprint density at radius 3 is 2.56 bits per heavy atom. The summed E-state index contributed by atoms with van der Waals surface area (Å²) in [5.74, 6) is -1.22. The van der Waals surface area contributed by atoms with Crippen molar-refractivity contribution in [2.75, 3.05) is 0 Å². The minimum absolute atomic E-state index is 0.0338. The smallest absolute Gasteiger partial charge is 0.429 e. The molecule has 3 aromatic rings. The van der Waals surface area contributed by atoms with Crippen LogP contribution in [0.1, 0.15) is 22.0 Å². The Labute approximate surface area is 140 Å². The van der Waals surface area contributed by atoms with Gasteiger partial charge < -0.3 is 9.84 Å². The van der Waals surface area contributed by atoms with Crippen molar-refractivity contribution in [2.45, 2.75) is 12.3 Å². The molecule has 1 aromatic heterocycles. The summed E-state index contributed by atoms with van der Waals surface area (Å²) in [7, 11) is 0. The molecule has 1 heterocycles. The van der Waals surface area contributed by atoms with Gasteiger partial charge in [-0.25, -0.2) is 4.79 Å². The zero-order valence-electron chi connectivity index (χ0n) is 12.7. The monoisotopic (exact) mass is 347 g/mol. The van der Waals surface area contributed by atoms with E-state index in [-0.39, 0.29) is 16.9 Å². The average Bonchev–Trinajstić information content (AvgIpc) is 2.59. The van der Waals surface area contributed by atoms with Gasteiger partial charge in [-0.15, -0.1) is 0 Å². The number of halogens is 3. The van der Waals surface area contributed by atoms with Crippen LogP contribution in [0.3, 0.4) is 0 Å². The van der Waals surface area contributed by atoms with E-state index in [0.717, 1.165) is 6.20 Å². The molecule has 1 unspecified atom stereocenters. The van der Waals surface area contributed by atoms with E-state index < -0.39 is 18.2 Å². The highest BCUT2D eigenvalue weighted by Crippen LogP contribution is 2.38. The van der Waals surface area contributed by atoms with Crippen LogP contribution in [0, 0.1) is 0 Å². The zero-order chi connectivity index (χ0) is 18.0. The lowest BCUT2D eigenvalue weighted by Gasteiger charge is -2.22. The van der Waals surface area contributed by atoms with Crippen LogP contribution >= 0.6 is 0 Å². The van der Waals surface area contributed by atoms with Crippen molar-refractivity contribution in [1.82, 2.24) is 4.98 Å². The van der Waals surface area contributed by atoms with Crippen LogP contribution in [-0.2, 0) is 0 Å². The molecule has 25 heavy (non-hydrogen) atoms. The maximum absolute atomic E-state index is 13.5. The number of carboxylic acid groups (broad SMARTS) is 1. The molecule has 0 fully saturated rings. The first-order chi connectivity index (χ1) is 11.9. The molecular weight excluding hydrogens is 335 g/mol. The fraction of sp³-hybridized carbons (Fsp3) is 0.111. The van der Waals surface area contributed by atoms with Gasteiger partial charge in [0.1, 0.15) is 5.75 Å². The standard InChI is InChI=1S/C18H12F3NO3/c19-18(20,21)16(13-4-2-8-22-10-13)25-15-5-1-3-11-6-7-12(17(23)24)9-14(11)15/h1-10,16H,(H,23,24). The van der Waals surface area contributed by atoms with E-state index in [2.05, 4.69) is 4.98 Å². The van der Waals surface area contributed by atoms with Gasteiger partial charge >= 0.3 is 12.1 Å². The number of ether oxygens (including phenoxy) is 1. The molecule has 0 bridgehead atoms. The van der Waals surface area contributed by atoms with Crippen LogP contribution in [0.25, 0.3) is 10.8 Å². The Balaban J connectivity index is 2.08. The number of hydrogen-bond donors (Lipinski definition) is 1. The number of nitrogens with zero attached hydrogens (tertiary/aromatic N) is 1. The summed E-state index contributed by atoms with van der Waals surface area (Å²) >= 11 is 0. The van der Waals surface area contributed by atoms with Crippen LogP contribution in [0.2, 0.25) is 0 Å². The number of pyridine rings is 1. The third kappa shape index (κ3) is 3.55. The first kappa shape index (κ1) is 16.8. The Morgan fingerprint density at radius 1 is 1.12 bits per heavy atom. The molecule has 0 aliphatic carbocycles. The third-order valence-corrected chi connectivity index (χ3v) is 3.62. The quantitative estimate of drug-likeness (QED) is 0.748. The number of rotatable bonds is 4. The molecule has 1 atom stereocenters. The van der Waals surface area contributed by atoms with Crippen molar-refractivity contribution in [1.29, 1.82) is 0 Å². The number of aromatic nitrogens is 1. The molecule has 0 amide bonds. The topological polar surface area (TPSA) is 59.4 Å². The molecule has 0 saturated heterocycles. The lowest BCUT2D eigenvalue weighted by Crippen LogP contribution is -2.26. The van der Waals surface area contributed by atoms with Gasteiger partial charge in [-0.2, -0.15) is 13.2 Å². The number of carboxylic acids is 1. The van der Waals surface area contributed by atoms with Gasteiger partial charge in [-0.3, -0.25) is 4.98 Å². The maximum Gasteiger partial charge on any atom is 0.429 e. The first-order valence-electron chi connectivity index (χ1n) is 7.25. The van der Waals surface area contributed by atoms with Crippen molar-refractivity contribution in [2.24, 2.45) is 0 Å². The molecule has 0 aliphatic heterocycles. The molecule has 1 N–H and O–H groups in total. The average molecular weight is 347 g/mol. The maximum atomic E-state index is 13.5. The van der Waals surface area contributed by atoms with Gasteiger partial charge in [-0.05, 0) is 29.7 Å². The summed E-state index contributed by atoms with van der Waals surface area (Å²) < 4.78 is 45.6. The summed E-state index contributed by atoms with van der Waals surface area (Å²) in [6.45, 7) is 0. The first-order valence-corrected chi connectivity index (χ1v) is 7.25. The molecule has 0 saturated carbocycles. The van der Waals surface area contributed by atoms with Gasteiger partial charge in [0, 0.05) is 23.3 Å². The van der Waals surface area contributed by atoms with E-state index in [1.807, 2.05) is 0 Å². The van der Waals surface area contributed by atoms with Crippen molar-refractivity contribution in [3.63, 3.8) is 0 Å². The summed E-state index contributed by atoms with van der Waals surface area (Å²) in [5.41, 5.74) is -0.171. The van der Waals surface area contributed by atoms with Gasteiger partial charge in [0.05, 0.1) is 5.56 Å². The van der Waals surface area contributed by atoms with Crippen LogP contribution in [0.4, 0.5) is 13.2 Å². The second kappa shape index (κ2) is 6.43. The Kier molecular flexibility index (Phi) is 4.31. The molecule has 0 spiro atoms. The Hall–Kier alpha value is -3.09. The number of carbonyl (C=O) groups is 1. The van der Waals surface area contributed by atoms with Crippen molar-refractivity contribution in [3.05, 3.63) is 72.1 Å². The van der Waals surface area contributed by atoms with Crippen molar-refractivity contribution >= 4 is 16.7 Å². The Morgan fingerprint density at radius 2 is 1.92 bits per heavy atom. The SMILES string of the molecule is O=C(O)c1ccc2cccc(OC(c3cccnc3)C(F)(F)F)c2c1. The lowest BCUT2D eigenvalue weighted by atomic mass is 10.1. The van der Waals surface area contributed by atoms with Crippen LogP contribution in [0.15, 0.2) is 60.9 Å². The van der Waals surface area contributed by atoms with E-state index in [1.54, 1.807) is 12.1 Å². The van der Waals surface area contributed by atoms with E-state index in [4.69, 9.17) is 9.84 Å². The fourth-order valence-corrected chi connectivity index (χ4v) is 2.46. The lowest BCUT2D eigenvalue weighted by molar-refractivity contribution is -0.197. The van der Waals surface area contributed by atoms with Crippen molar-refractivity contribution < 1.29 is 27.8 Å². The number of alkyl halides is 3. The second-order valence-corrected chi connectivity index (χ2v) is 5.32. The number of fused-ring (bicyclic) bond motifs is 1. The molecule has 0 radical (unpaired) electrons. The molecule has 4 nitrogen and oxygen atoms in total. The summed E-state index contributed by atoms with van der Waals surface area (Å²) in [5, 5.41) is 9.97. The summed E-state index contributed by atoms with van der Waals surface area (Å²) in [6.07, 6.45) is -4.41. The van der Waals surface area contributed by atoms with E-state index in [0.29, 0.717) is 10.8 Å². The van der Waals surface area contributed by atoms with Crippen LogP contribution < -0.4 is 4.74 Å². The zero-order valence-corrected chi connectivity index (χ0v) is 12.7. The number of hydrogen-bond acceptors (Lipinski definition) is 3. The van der Waals surface area contributed by atoms with E-state index in [9.17, 15) is 18.0 Å². The number of aromatic carboxylic acids is 1. The summed E-state index contributed by atoms with van der Waals surface area (Å²) in [4.78, 5) is 14.8. The van der Waals surface area contributed by atoms with Gasteiger partial charge in [0.25, 0.3) is 0 Å². The molecule has 3 rings (SSSR count). The van der Waals surface area contributed by atoms with Gasteiger partial charge in [0.15, 0.2) is 0 Å². The van der Waals surface area contributed by atoms with Crippen LogP contribution in [-0.4, -0.2) is 22.2 Å².